The number of amides is 1. The zero-order valence-electron chi connectivity index (χ0n) is 6.71. The molecule has 0 atom stereocenters. The minimum absolute atomic E-state index is 0.0598. The Morgan fingerprint density at radius 3 is 2.31 bits per heavy atom. The maximum Gasteiger partial charge on any atom is 0.427 e. The molecule has 0 bridgehead atoms. The quantitative estimate of drug-likeness (QED) is 0.318. The van der Waals surface area contributed by atoms with Gasteiger partial charge in [0, 0.05) is 0 Å². The van der Waals surface area contributed by atoms with Crippen molar-refractivity contribution in [2.75, 3.05) is 7.11 Å². The van der Waals surface area contributed by atoms with Crippen LogP contribution in [-0.2, 0) is 4.74 Å². The molecule has 72 valence electrons. The van der Waals surface area contributed by atoms with Gasteiger partial charge >= 0.3 is 6.09 Å². The maximum absolute atomic E-state index is 10.5. The van der Waals surface area contributed by atoms with E-state index >= 15 is 0 Å². The number of hydrogen-bond acceptors (Lipinski definition) is 7. The molecule has 0 fully saturated rings. The number of methoxy groups -OCH3 is 1. The first-order chi connectivity index (χ1) is 6.24. The molecule has 8 heteroatoms. The minimum Gasteiger partial charge on any atom is -0.452 e. The summed E-state index contributed by atoms with van der Waals surface area (Å²) < 4.78 is 4.19. The number of hydrazone groups is 1. The fourth-order valence-electron chi connectivity index (χ4n) is 0.365. The van der Waals surface area contributed by atoms with Gasteiger partial charge in [0.25, 0.3) is 0 Å². The molecular weight excluding hydrogens is 180 g/mol. The van der Waals surface area contributed by atoms with Crippen molar-refractivity contribution >= 4 is 24.2 Å². The summed E-state index contributed by atoms with van der Waals surface area (Å²) in [6.45, 7) is 0. The standard InChI is InChI=1S/C5H8N4O4/c1-13-5(10)9-8-4(2-6-11)3-7-12/h2-3,11-12H,1H3,(H,9,10)/b6-2-,7-3-. The highest BCUT2D eigenvalue weighted by atomic mass is 16.5. The maximum atomic E-state index is 10.5. The van der Waals surface area contributed by atoms with Gasteiger partial charge in [-0.3, -0.25) is 0 Å². The zero-order chi connectivity index (χ0) is 10.1. The Balaban J connectivity index is 4.27. The van der Waals surface area contributed by atoms with Crippen molar-refractivity contribution < 1.29 is 19.9 Å². The highest BCUT2D eigenvalue weighted by Gasteiger charge is 1.96. The number of carbonyl (C=O) groups is 1. The van der Waals surface area contributed by atoms with Crippen LogP contribution in [0.1, 0.15) is 0 Å². The van der Waals surface area contributed by atoms with Crippen molar-refractivity contribution in [2.24, 2.45) is 15.4 Å². The second-order valence-corrected chi connectivity index (χ2v) is 1.63. The van der Waals surface area contributed by atoms with Crippen molar-refractivity contribution in [3.8, 4) is 0 Å². The minimum atomic E-state index is -0.796. The Kier molecular flexibility index (Phi) is 5.51. The SMILES string of the molecule is COC(=O)NN=C(/C=N\O)/C=N\O. The Morgan fingerprint density at radius 2 is 1.92 bits per heavy atom. The lowest BCUT2D eigenvalue weighted by molar-refractivity contribution is 0.171. The van der Waals surface area contributed by atoms with Crippen LogP contribution in [0.4, 0.5) is 4.79 Å². The van der Waals surface area contributed by atoms with Gasteiger partial charge in [0.15, 0.2) is 0 Å². The highest BCUT2D eigenvalue weighted by Crippen LogP contribution is 1.73. The molecule has 0 aliphatic rings. The normalized spacial score (nSPS) is 10.2. The molecule has 13 heavy (non-hydrogen) atoms. The molecule has 0 aliphatic carbocycles. The van der Waals surface area contributed by atoms with E-state index in [4.69, 9.17) is 10.4 Å². The number of oxime groups is 2. The van der Waals surface area contributed by atoms with Crippen LogP contribution in [0.3, 0.4) is 0 Å². The van der Waals surface area contributed by atoms with E-state index in [-0.39, 0.29) is 5.71 Å². The van der Waals surface area contributed by atoms with Crippen molar-refractivity contribution in [3.05, 3.63) is 0 Å². The van der Waals surface area contributed by atoms with Crippen molar-refractivity contribution in [3.63, 3.8) is 0 Å². The van der Waals surface area contributed by atoms with Gasteiger partial charge in [0.1, 0.15) is 5.71 Å². The van der Waals surface area contributed by atoms with E-state index in [1.165, 1.54) is 0 Å². The average Bonchev–Trinajstić information content (AvgIpc) is 2.14. The van der Waals surface area contributed by atoms with Gasteiger partial charge in [-0.1, -0.05) is 10.3 Å². The van der Waals surface area contributed by atoms with E-state index in [1.54, 1.807) is 0 Å². The fraction of sp³-hybridized carbons (Fsp3) is 0.200. The number of rotatable bonds is 3. The molecule has 0 heterocycles. The summed E-state index contributed by atoms with van der Waals surface area (Å²) in [5.41, 5.74) is 1.86. The number of nitrogens with zero attached hydrogens (tertiary/aromatic N) is 3. The Labute approximate surface area is 73.2 Å². The van der Waals surface area contributed by atoms with Gasteiger partial charge in [-0.15, -0.1) is 0 Å². The zero-order valence-corrected chi connectivity index (χ0v) is 6.71. The van der Waals surface area contributed by atoms with E-state index in [9.17, 15) is 4.79 Å². The monoisotopic (exact) mass is 188 g/mol. The summed E-state index contributed by atoms with van der Waals surface area (Å²) in [5.74, 6) is 0. The highest BCUT2D eigenvalue weighted by molar-refractivity contribution is 6.55. The molecule has 0 radical (unpaired) electrons. The van der Waals surface area contributed by atoms with Gasteiger partial charge in [-0.25, -0.2) is 10.2 Å². The molecule has 0 spiro atoms. The third-order valence-electron chi connectivity index (χ3n) is 0.842. The molecule has 8 nitrogen and oxygen atoms in total. The summed E-state index contributed by atoms with van der Waals surface area (Å²) >= 11 is 0. The van der Waals surface area contributed by atoms with Crippen LogP contribution >= 0.6 is 0 Å². The number of nitrogens with one attached hydrogen (secondary N) is 1. The van der Waals surface area contributed by atoms with Gasteiger partial charge in [-0.05, 0) is 0 Å². The number of carbonyl (C=O) groups excluding carboxylic acids is 1. The van der Waals surface area contributed by atoms with E-state index in [2.05, 4.69) is 20.1 Å². The third-order valence-corrected chi connectivity index (χ3v) is 0.842. The van der Waals surface area contributed by atoms with E-state index in [0.717, 1.165) is 19.5 Å². The first-order valence-electron chi connectivity index (χ1n) is 3.01. The average molecular weight is 188 g/mol. The van der Waals surface area contributed by atoms with E-state index < -0.39 is 6.09 Å². The number of hydrogen-bond donors (Lipinski definition) is 3. The van der Waals surface area contributed by atoms with Crippen LogP contribution in [0.5, 0.6) is 0 Å². The Bertz CT molecular complexity index is 233. The lowest BCUT2D eigenvalue weighted by Crippen LogP contribution is -2.20. The topological polar surface area (TPSA) is 116 Å². The van der Waals surface area contributed by atoms with Gasteiger partial charge in [-0.2, -0.15) is 5.10 Å². The van der Waals surface area contributed by atoms with Crippen molar-refractivity contribution in [1.29, 1.82) is 0 Å². The summed E-state index contributed by atoms with van der Waals surface area (Å²) in [4.78, 5) is 10.5. The molecule has 0 rings (SSSR count). The molecule has 0 unspecified atom stereocenters. The predicted molar refractivity (Wildman–Crippen MR) is 43.5 cm³/mol. The summed E-state index contributed by atoms with van der Waals surface area (Å²) in [5, 5.41) is 24.7. The molecule has 0 saturated carbocycles. The predicted octanol–water partition coefficient (Wildman–Crippen LogP) is -0.382. The van der Waals surface area contributed by atoms with Crippen molar-refractivity contribution in [2.45, 2.75) is 0 Å². The van der Waals surface area contributed by atoms with Crippen molar-refractivity contribution in [1.82, 2.24) is 5.43 Å². The van der Waals surface area contributed by atoms with Crippen LogP contribution in [-0.4, -0.2) is 41.8 Å². The summed E-state index contributed by atoms with van der Waals surface area (Å²) in [6, 6.07) is 0. The Hall–Kier alpha value is -2.12. The molecular formula is C5H8N4O4. The molecule has 0 saturated heterocycles. The molecule has 0 aromatic heterocycles. The van der Waals surface area contributed by atoms with Crippen LogP contribution in [0.25, 0.3) is 0 Å². The fourth-order valence-corrected chi connectivity index (χ4v) is 0.365. The van der Waals surface area contributed by atoms with Gasteiger partial charge in [0.2, 0.25) is 0 Å². The van der Waals surface area contributed by atoms with Crippen LogP contribution in [0.2, 0.25) is 0 Å². The molecule has 3 N–H and O–H groups in total. The lowest BCUT2D eigenvalue weighted by atomic mass is 10.4. The first kappa shape index (κ1) is 10.9. The first-order valence-corrected chi connectivity index (χ1v) is 3.01. The van der Waals surface area contributed by atoms with Crippen LogP contribution in [0.15, 0.2) is 15.4 Å². The van der Waals surface area contributed by atoms with Gasteiger partial charge in [0.05, 0.1) is 19.5 Å². The largest absolute Gasteiger partial charge is 0.452 e. The van der Waals surface area contributed by atoms with E-state index in [1.807, 2.05) is 5.43 Å². The third kappa shape index (κ3) is 5.18. The van der Waals surface area contributed by atoms with Gasteiger partial charge < -0.3 is 15.2 Å². The van der Waals surface area contributed by atoms with Crippen LogP contribution in [0, 0.1) is 0 Å². The summed E-state index contributed by atoms with van der Waals surface area (Å²) in [7, 11) is 1.16. The molecule has 1 amide bonds. The number of ether oxygens (including phenoxy) is 1. The molecule has 0 aromatic rings. The second-order valence-electron chi connectivity index (χ2n) is 1.63. The van der Waals surface area contributed by atoms with Crippen LogP contribution < -0.4 is 5.43 Å². The second kappa shape index (κ2) is 6.58. The molecule has 0 aromatic carbocycles. The summed E-state index contributed by atoms with van der Waals surface area (Å²) in [6.07, 6.45) is 0.917. The molecule has 0 aliphatic heterocycles. The van der Waals surface area contributed by atoms with E-state index in [0.29, 0.717) is 0 Å². The lowest BCUT2D eigenvalue weighted by Gasteiger charge is -1.95. The Morgan fingerprint density at radius 1 is 1.38 bits per heavy atom. The smallest absolute Gasteiger partial charge is 0.427 e.